The van der Waals surface area contributed by atoms with Gasteiger partial charge in [-0.25, -0.2) is 0 Å². The van der Waals surface area contributed by atoms with Crippen LogP contribution in [-0.4, -0.2) is 12.9 Å². The molecule has 0 aliphatic heterocycles. The van der Waals surface area contributed by atoms with Crippen molar-refractivity contribution in [3.05, 3.63) is 34.0 Å². The number of benzene rings is 1. The summed E-state index contributed by atoms with van der Waals surface area (Å²) in [6.45, 7) is 0. The zero-order valence-electron chi connectivity index (χ0n) is 8.61. The van der Waals surface area contributed by atoms with Crippen LogP contribution in [-0.2, 0) is 0 Å². The molecule has 0 bridgehead atoms. The molecule has 0 unspecified atom stereocenters. The Morgan fingerprint density at radius 1 is 1.19 bits per heavy atom. The summed E-state index contributed by atoms with van der Waals surface area (Å²) in [4.78, 5) is 12.1. The van der Waals surface area contributed by atoms with Crippen LogP contribution in [0.3, 0.4) is 0 Å². The first-order valence-electron chi connectivity index (χ1n) is 4.81. The van der Waals surface area contributed by atoms with Crippen LogP contribution in [0.1, 0.15) is 15.9 Å². The number of methoxy groups -OCH3 is 1. The van der Waals surface area contributed by atoms with E-state index >= 15 is 0 Å². The first kappa shape index (κ1) is 9.42. The molecule has 1 aromatic carbocycles. The van der Waals surface area contributed by atoms with E-state index in [2.05, 4.69) is 0 Å². The van der Waals surface area contributed by atoms with Gasteiger partial charge in [-0.15, -0.1) is 0 Å². The first-order valence-corrected chi connectivity index (χ1v) is 5.75. The van der Waals surface area contributed by atoms with Gasteiger partial charge in [-0.3, -0.25) is 4.79 Å². The van der Waals surface area contributed by atoms with Crippen molar-refractivity contribution in [1.29, 1.82) is 0 Å². The summed E-state index contributed by atoms with van der Waals surface area (Å²) >= 11 is 1.53. The van der Waals surface area contributed by atoms with E-state index in [1.807, 2.05) is 16.8 Å². The van der Waals surface area contributed by atoms with E-state index in [1.165, 1.54) is 11.3 Å². The van der Waals surface area contributed by atoms with Crippen molar-refractivity contribution in [3.63, 3.8) is 0 Å². The summed E-state index contributed by atoms with van der Waals surface area (Å²) in [6.07, 6.45) is 0. The molecule has 1 heterocycles. The predicted octanol–water partition coefficient (Wildman–Crippen LogP) is 2.55. The van der Waals surface area contributed by atoms with E-state index in [-0.39, 0.29) is 5.78 Å². The lowest BCUT2D eigenvalue weighted by Gasteiger charge is -2.06. The highest BCUT2D eigenvalue weighted by molar-refractivity contribution is 7.08. The van der Waals surface area contributed by atoms with Crippen LogP contribution in [0.15, 0.2) is 22.9 Å². The van der Waals surface area contributed by atoms with Crippen molar-refractivity contribution in [2.45, 2.75) is 0 Å². The molecule has 3 rings (SSSR count). The maximum Gasteiger partial charge on any atom is 0.197 e. The van der Waals surface area contributed by atoms with Gasteiger partial charge < -0.3 is 10.5 Å². The fourth-order valence-electron chi connectivity index (χ4n) is 2.04. The number of ether oxygens (including phenoxy) is 1. The molecule has 80 valence electrons. The Morgan fingerprint density at radius 2 is 1.94 bits per heavy atom. The summed E-state index contributed by atoms with van der Waals surface area (Å²) < 4.78 is 5.16. The molecule has 0 atom stereocenters. The topological polar surface area (TPSA) is 52.3 Å². The number of thiophene rings is 1. The van der Waals surface area contributed by atoms with Crippen molar-refractivity contribution in [3.8, 4) is 16.9 Å². The Hall–Kier alpha value is -1.81. The molecule has 2 aromatic rings. The van der Waals surface area contributed by atoms with Gasteiger partial charge in [0.15, 0.2) is 5.78 Å². The van der Waals surface area contributed by atoms with Crippen molar-refractivity contribution in [2.24, 2.45) is 0 Å². The van der Waals surface area contributed by atoms with Crippen LogP contribution in [0.5, 0.6) is 5.75 Å². The van der Waals surface area contributed by atoms with E-state index in [0.29, 0.717) is 17.0 Å². The molecule has 4 heteroatoms. The van der Waals surface area contributed by atoms with Crippen LogP contribution in [0.2, 0.25) is 0 Å². The van der Waals surface area contributed by atoms with E-state index in [9.17, 15) is 4.79 Å². The Bertz CT molecular complexity index is 601. The molecule has 0 saturated carbocycles. The van der Waals surface area contributed by atoms with Crippen molar-refractivity contribution >= 4 is 22.8 Å². The molecule has 16 heavy (non-hydrogen) atoms. The third kappa shape index (κ3) is 1.05. The van der Waals surface area contributed by atoms with Crippen LogP contribution < -0.4 is 10.5 Å². The van der Waals surface area contributed by atoms with Gasteiger partial charge >= 0.3 is 0 Å². The molecule has 1 aliphatic rings. The molecule has 1 aliphatic carbocycles. The Balaban J connectivity index is 2.36. The largest absolute Gasteiger partial charge is 0.497 e. The average Bonchev–Trinajstić information content (AvgIpc) is 2.83. The molecular weight excluding hydrogens is 222 g/mol. The normalized spacial score (nSPS) is 12.4. The number of carbonyl (C=O) groups excluding carboxylic acids is 1. The second-order valence-electron chi connectivity index (χ2n) is 3.67. The van der Waals surface area contributed by atoms with Crippen LogP contribution in [0, 0.1) is 0 Å². The van der Waals surface area contributed by atoms with Crippen LogP contribution in [0.4, 0.5) is 5.69 Å². The number of rotatable bonds is 1. The fourth-order valence-corrected chi connectivity index (χ4v) is 2.86. The van der Waals surface area contributed by atoms with E-state index < -0.39 is 0 Å². The molecule has 0 fully saturated rings. The van der Waals surface area contributed by atoms with Gasteiger partial charge in [0.05, 0.1) is 12.7 Å². The van der Waals surface area contributed by atoms with Crippen LogP contribution >= 0.6 is 11.3 Å². The minimum atomic E-state index is 0.0198. The SMILES string of the molecule is COc1cc(N)c2c(c1)-c1cscc1C2=O. The van der Waals surface area contributed by atoms with Crippen molar-refractivity contribution < 1.29 is 9.53 Å². The predicted molar refractivity (Wildman–Crippen MR) is 64.2 cm³/mol. The van der Waals surface area contributed by atoms with Crippen LogP contribution in [0.25, 0.3) is 11.1 Å². The van der Waals surface area contributed by atoms with Gasteiger partial charge in [0.25, 0.3) is 0 Å². The summed E-state index contributed by atoms with van der Waals surface area (Å²) in [5.74, 6) is 0.703. The van der Waals surface area contributed by atoms with Gasteiger partial charge in [0.2, 0.25) is 0 Å². The van der Waals surface area contributed by atoms with Gasteiger partial charge in [-0.05, 0) is 11.4 Å². The fraction of sp³-hybridized carbons (Fsp3) is 0.0833. The maximum absolute atomic E-state index is 12.1. The molecule has 1 aromatic heterocycles. The number of fused-ring (bicyclic) bond motifs is 3. The Morgan fingerprint density at radius 3 is 2.69 bits per heavy atom. The van der Waals surface area contributed by atoms with Crippen molar-refractivity contribution in [1.82, 2.24) is 0 Å². The minimum Gasteiger partial charge on any atom is -0.497 e. The zero-order valence-corrected chi connectivity index (χ0v) is 9.43. The lowest BCUT2D eigenvalue weighted by atomic mass is 10.1. The lowest BCUT2D eigenvalue weighted by molar-refractivity contribution is 0.104. The summed E-state index contributed by atoms with van der Waals surface area (Å²) in [5.41, 5.74) is 9.58. The maximum atomic E-state index is 12.1. The number of nitrogens with two attached hydrogens (primary N) is 1. The van der Waals surface area contributed by atoms with Gasteiger partial charge in [-0.2, -0.15) is 11.3 Å². The minimum absolute atomic E-state index is 0.0198. The Kier molecular flexibility index (Phi) is 1.82. The molecular formula is C12H9NO2S. The monoisotopic (exact) mass is 231 g/mol. The lowest BCUT2D eigenvalue weighted by Crippen LogP contribution is -2.01. The van der Waals surface area contributed by atoms with Crippen molar-refractivity contribution in [2.75, 3.05) is 12.8 Å². The van der Waals surface area contributed by atoms with Gasteiger partial charge in [0, 0.05) is 33.8 Å². The number of anilines is 1. The molecule has 0 radical (unpaired) electrons. The molecule has 0 spiro atoms. The summed E-state index contributed by atoms with van der Waals surface area (Å²) in [7, 11) is 1.59. The number of ketones is 1. The van der Waals surface area contributed by atoms with E-state index in [4.69, 9.17) is 10.5 Å². The standard InChI is InChI=1S/C12H9NO2S/c1-15-6-2-7-8-4-16-5-9(8)12(14)11(7)10(13)3-6/h2-5H,13H2,1H3. The first-order chi connectivity index (χ1) is 7.72. The average molecular weight is 231 g/mol. The zero-order chi connectivity index (χ0) is 11.3. The number of nitrogen functional groups attached to an aromatic ring is 1. The number of carbonyl (C=O) groups is 1. The highest BCUT2D eigenvalue weighted by atomic mass is 32.1. The second kappa shape index (κ2) is 3.09. The third-order valence-electron chi connectivity index (χ3n) is 2.80. The molecule has 0 saturated heterocycles. The second-order valence-corrected chi connectivity index (χ2v) is 4.41. The molecule has 2 N–H and O–H groups in total. The van der Waals surface area contributed by atoms with E-state index in [0.717, 1.165) is 16.7 Å². The number of hydrogen-bond donors (Lipinski definition) is 1. The van der Waals surface area contributed by atoms with Gasteiger partial charge in [-0.1, -0.05) is 0 Å². The summed E-state index contributed by atoms with van der Waals surface area (Å²) in [6, 6.07) is 3.55. The highest BCUT2D eigenvalue weighted by Crippen LogP contribution is 2.43. The number of hydrogen-bond acceptors (Lipinski definition) is 4. The van der Waals surface area contributed by atoms with E-state index in [1.54, 1.807) is 13.2 Å². The highest BCUT2D eigenvalue weighted by Gasteiger charge is 2.30. The molecule has 3 nitrogen and oxygen atoms in total. The molecule has 0 amide bonds. The van der Waals surface area contributed by atoms with Gasteiger partial charge in [0.1, 0.15) is 5.75 Å². The quantitative estimate of drug-likeness (QED) is 0.655. The third-order valence-corrected chi connectivity index (χ3v) is 3.55. The smallest absolute Gasteiger partial charge is 0.197 e. The Labute approximate surface area is 96.5 Å². The summed E-state index contributed by atoms with van der Waals surface area (Å²) in [5, 5.41) is 3.83.